The second kappa shape index (κ2) is 9.86. The van der Waals surface area contributed by atoms with Crippen LogP contribution in [0.1, 0.15) is 42.9 Å². The third-order valence-corrected chi connectivity index (χ3v) is 6.51. The van der Waals surface area contributed by atoms with E-state index in [1.165, 1.54) is 5.56 Å². The van der Waals surface area contributed by atoms with E-state index in [1.54, 1.807) is 7.11 Å². The molecule has 0 saturated carbocycles. The Morgan fingerprint density at radius 1 is 1.10 bits per heavy atom. The maximum atomic E-state index is 12.9. The van der Waals surface area contributed by atoms with Crippen LogP contribution in [-0.4, -0.2) is 59.9 Å². The van der Waals surface area contributed by atoms with Crippen molar-refractivity contribution in [2.75, 3.05) is 44.1 Å². The Kier molecular flexibility index (Phi) is 7.42. The molecule has 0 aliphatic carbocycles. The summed E-state index contributed by atoms with van der Waals surface area (Å²) >= 11 is 6.04. The van der Waals surface area contributed by atoms with Crippen molar-refractivity contribution in [1.29, 1.82) is 0 Å². The van der Waals surface area contributed by atoms with Crippen LogP contribution in [-0.2, 0) is 11.2 Å². The molecule has 1 fully saturated rings. The lowest BCUT2D eigenvalue weighted by Crippen LogP contribution is -2.43. The Morgan fingerprint density at radius 2 is 1.81 bits per heavy atom. The van der Waals surface area contributed by atoms with Gasteiger partial charge < -0.3 is 14.5 Å². The number of alkyl halides is 1. The zero-order valence-electron chi connectivity index (χ0n) is 19.2. The standard InChI is InChI=1S/C24H33ClN4O2/c1-17-21(15-19-7-9-20(31-5)10-8-19)22(27-18(2)26-17)28-11-6-12-29(14-13-28)23(30)24(3,4)16-25/h7-10H,6,11-16H2,1-5H3. The summed E-state index contributed by atoms with van der Waals surface area (Å²) in [5.41, 5.74) is 2.78. The van der Waals surface area contributed by atoms with Gasteiger partial charge in [0.25, 0.3) is 0 Å². The molecule has 1 aliphatic rings. The lowest BCUT2D eigenvalue weighted by Gasteiger charge is -2.30. The first-order chi connectivity index (χ1) is 14.7. The molecule has 0 atom stereocenters. The van der Waals surface area contributed by atoms with E-state index in [0.29, 0.717) is 12.4 Å². The van der Waals surface area contributed by atoms with E-state index in [0.717, 1.165) is 61.1 Å². The molecule has 1 aromatic heterocycles. The number of aryl methyl sites for hydroxylation is 2. The summed E-state index contributed by atoms with van der Waals surface area (Å²) < 4.78 is 5.28. The number of rotatable bonds is 6. The van der Waals surface area contributed by atoms with Crippen LogP contribution in [0.4, 0.5) is 5.82 Å². The number of hydrogen-bond acceptors (Lipinski definition) is 5. The Labute approximate surface area is 190 Å². The second-order valence-electron chi connectivity index (χ2n) is 8.83. The van der Waals surface area contributed by atoms with Gasteiger partial charge in [-0.25, -0.2) is 9.97 Å². The zero-order valence-corrected chi connectivity index (χ0v) is 20.0. The van der Waals surface area contributed by atoms with Crippen molar-refractivity contribution < 1.29 is 9.53 Å². The average molecular weight is 445 g/mol. The van der Waals surface area contributed by atoms with Crippen molar-refractivity contribution in [1.82, 2.24) is 14.9 Å². The Balaban J connectivity index is 1.84. The molecule has 1 saturated heterocycles. The molecule has 1 aromatic carbocycles. The number of ether oxygens (including phenoxy) is 1. The van der Waals surface area contributed by atoms with E-state index in [2.05, 4.69) is 22.0 Å². The van der Waals surface area contributed by atoms with Crippen LogP contribution >= 0.6 is 11.6 Å². The molecule has 1 aliphatic heterocycles. The summed E-state index contributed by atoms with van der Waals surface area (Å²) in [5.74, 6) is 3.04. The van der Waals surface area contributed by atoms with Crippen molar-refractivity contribution >= 4 is 23.3 Å². The van der Waals surface area contributed by atoms with Gasteiger partial charge in [-0.2, -0.15) is 0 Å². The van der Waals surface area contributed by atoms with Gasteiger partial charge >= 0.3 is 0 Å². The van der Waals surface area contributed by atoms with Crippen molar-refractivity contribution in [2.45, 2.75) is 40.5 Å². The highest BCUT2D eigenvalue weighted by molar-refractivity contribution is 6.19. The van der Waals surface area contributed by atoms with Gasteiger partial charge in [0.2, 0.25) is 5.91 Å². The topological polar surface area (TPSA) is 58.6 Å². The molecule has 0 spiro atoms. The van der Waals surface area contributed by atoms with Gasteiger partial charge in [0, 0.05) is 49.7 Å². The number of benzene rings is 1. The first kappa shape index (κ1) is 23.3. The summed E-state index contributed by atoms with van der Waals surface area (Å²) in [6.45, 7) is 10.8. The van der Waals surface area contributed by atoms with Crippen molar-refractivity contribution in [3.8, 4) is 5.75 Å². The number of carbonyl (C=O) groups is 1. The van der Waals surface area contributed by atoms with Crippen LogP contribution in [0.2, 0.25) is 0 Å². The quantitative estimate of drug-likeness (QED) is 0.630. The Hall–Kier alpha value is -2.34. The molecule has 0 N–H and O–H groups in total. The summed E-state index contributed by atoms with van der Waals surface area (Å²) in [6, 6.07) is 8.12. The van der Waals surface area contributed by atoms with Crippen LogP contribution in [0.3, 0.4) is 0 Å². The second-order valence-corrected chi connectivity index (χ2v) is 9.10. The maximum Gasteiger partial charge on any atom is 0.229 e. The predicted octanol–water partition coefficient (Wildman–Crippen LogP) is 4.00. The van der Waals surface area contributed by atoms with Crippen LogP contribution in [0.25, 0.3) is 0 Å². The molecule has 6 nitrogen and oxygen atoms in total. The van der Waals surface area contributed by atoms with Gasteiger partial charge in [-0.05, 0) is 51.8 Å². The number of amides is 1. The van der Waals surface area contributed by atoms with Gasteiger partial charge in [0.1, 0.15) is 17.4 Å². The van der Waals surface area contributed by atoms with E-state index >= 15 is 0 Å². The Morgan fingerprint density at radius 3 is 2.45 bits per heavy atom. The van der Waals surface area contributed by atoms with Crippen molar-refractivity contribution in [2.24, 2.45) is 5.41 Å². The van der Waals surface area contributed by atoms with E-state index < -0.39 is 5.41 Å². The zero-order chi connectivity index (χ0) is 22.6. The molecule has 2 heterocycles. The highest BCUT2D eigenvalue weighted by Gasteiger charge is 2.32. The first-order valence-corrected chi connectivity index (χ1v) is 11.4. The highest BCUT2D eigenvalue weighted by Crippen LogP contribution is 2.27. The molecule has 31 heavy (non-hydrogen) atoms. The third kappa shape index (κ3) is 5.48. The molecule has 0 unspecified atom stereocenters. The fourth-order valence-electron chi connectivity index (χ4n) is 3.95. The molecule has 2 aromatic rings. The van der Waals surface area contributed by atoms with E-state index in [-0.39, 0.29) is 5.91 Å². The molecular formula is C24H33ClN4O2. The third-order valence-electron chi connectivity index (χ3n) is 5.84. The number of methoxy groups -OCH3 is 1. The smallest absolute Gasteiger partial charge is 0.229 e. The molecule has 1 amide bonds. The fraction of sp³-hybridized carbons (Fsp3) is 0.542. The molecule has 0 bridgehead atoms. The average Bonchev–Trinajstić information content (AvgIpc) is 3.01. The van der Waals surface area contributed by atoms with E-state index in [1.807, 2.05) is 44.7 Å². The Bertz CT molecular complexity index is 915. The minimum atomic E-state index is -0.543. The highest BCUT2D eigenvalue weighted by atomic mass is 35.5. The fourth-order valence-corrected chi connectivity index (χ4v) is 4.07. The monoisotopic (exact) mass is 444 g/mol. The molecule has 3 rings (SSSR count). The van der Waals surface area contributed by atoms with E-state index in [9.17, 15) is 4.79 Å². The lowest BCUT2D eigenvalue weighted by molar-refractivity contribution is -0.139. The number of hydrogen-bond donors (Lipinski definition) is 0. The summed E-state index contributed by atoms with van der Waals surface area (Å²) in [6.07, 6.45) is 1.65. The summed E-state index contributed by atoms with van der Waals surface area (Å²) in [4.78, 5) is 26.6. The number of nitrogens with zero attached hydrogens (tertiary/aromatic N) is 4. The number of halogens is 1. The predicted molar refractivity (Wildman–Crippen MR) is 125 cm³/mol. The van der Waals surface area contributed by atoms with Gasteiger partial charge in [-0.15, -0.1) is 11.6 Å². The van der Waals surface area contributed by atoms with Gasteiger partial charge in [-0.3, -0.25) is 4.79 Å². The molecule has 168 valence electrons. The lowest BCUT2D eigenvalue weighted by atomic mass is 9.94. The van der Waals surface area contributed by atoms with Gasteiger partial charge in [0.15, 0.2) is 0 Å². The van der Waals surface area contributed by atoms with Gasteiger partial charge in [-0.1, -0.05) is 12.1 Å². The maximum absolute atomic E-state index is 12.9. The van der Waals surface area contributed by atoms with Crippen LogP contribution in [0.15, 0.2) is 24.3 Å². The SMILES string of the molecule is COc1ccc(Cc2c(C)nc(C)nc2N2CCCN(C(=O)C(C)(C)CCl)CC2)cc1. The van der Waals surface area contributed by atoms with Crippen LogP contribution < -0.4 is 9.64 Å². The van der Waals surface area contributed by atoms with Gasteiger partial charge in [0.05, 0.1) is 12.5 Å². The number of aromatic nitrogens is 2. The van der Waals surface area contributed by atoms with E-state index in [4.69, 9.17) is 21.3 Å². The summed E-state index contributed by atoms with van der Waals surface area (Å²) in [5, 5.41) is 0. The van der Waals surface area contributed by atoms with Crippen molar-refractivity contribution in [3.63, 3.8) is 0 Å². The van der Waals surface area contributed by atoms with Crippen LogP contribution in [0, 0.1) is 19.3 Å². The largest absolute Gasteiger partial charge is 0.497 e. The molecular weight excluding hydrogens is 412 g/mol. The van der Waals surface area contributed by atoms with Crippen molar-refractivity contribution in [3.05, 3.63) is 46.9 Å². The minimum Gasteiger partial charge on any atom is -0.497 e. The number of carbonyl (C=O) groups excluding carboxylic acids is 1. The molecule has 7 heteroatoms. The first-order valence-electron chi connectivity index (χ1n) is 10.8. The number of anilines is 1. The summed E-state index contributed by atoms with van der Waals surface area (Å²) in [7, 11) is 1.67. The normalized spacial score (nSPS) is 15.0. The minimum absolute atomic E-state index is 0.123. The van der Waals surface area contributed by atoms with Crippen LogP contribution in [0.5, 0.6) is 5.75 Å². The molecule has 0 radical (unpaired) electrons.